The van der Waals surface area contributed by atoms with Crippen LogP contribution in [-0.4, -0.2) is 25.9 Å². The Morgan fingerprint density at radius 1 is 0.882 bits per heavy atom. The molecule has 0 bridgehead atoms. The maximum absolute atomic E-state index is 14.1. The highest BCUT2D eigenvalue weighted by Gasteiger charge is 2.35. The molecule has 186 valence electrons. The SMILES string of the molecule is CCCC1COC(C2CCC(c3ccc(-c4cc(F)c(OC(F)(F)F)c(F)c4)cc3)CC2)OC1. The van der Waals surface area contributed by atoms with Gasteiger partial charge in [0, 0.05) is 11.8 Å². The lowest BCUT2D eigenvalue weighted by Gasteiger charge is -2.37. The zero-order valence-electron chi connectivity index (χ0n) is 19.0. The third kappa shape index (κ3) is 6.08. The van der Waals surface area contributed by atoms with Crippen molar-refractivity contribution in [3.8, 4) is 16.9 Å². The fourth-order valence-electron chi connectivity index (χ4n) is 5.02. The van der Waals surface area contributed by atoms with Gasteiger partial charge in [0.1, 0.15) is 0 Å². The molecule has 1 saturated carbocycles. The van der Waals surface area contributed by atoms with Crippen LogP contribution in [0.5, 0.6) is 5.75 Å². The quantitative estimate of drug-likeness (QED) is 0.395. The van der Waals surface area contributed by atoms with Gasteiger partial charge in [0.05, 0.1) is 13.2 Å². The number of hydrogen-bond donors (Lipinski definition) is 0. The largest absolute Gasteiger partial charge is 0.573 e. The van der Waals surface area contributed by atoms with Crippen molar-refractivity contribution in [2.24, 2.45) is 11.8 Å². The van der Waals surface area contributed by atoms with Crippen LogP contribution < -0.4 is 4.74 Å². The number of alkyl halides is 3. The third-order valence-corrected chi connectivity index (χ3v) is 6.78. The Labute approximate surface area is 196 Å². The van der Waals surface area contributed by atoms with Crippen LogP contribution in [0.25, 0.3) is 11.1 Å². The number of ether oxygens (including phenoxy) is 3. The molecule has 1 heterocycles. The van der Waals surface area contributed by atoms with Crippen molar-refractivity contribution >= 4 is 0 Å². The first-order valence-corrected chi connectivity index (χ1v) is 11.8. The first-order chi connectivity index (χ1) is 16.2. The predicted molar refractivity (Wildman–Crippen MR) is 117 cm³/mol. The van der Waals surface area contributed by atoms with Crippen LogP contribution in [0.2, 0.25) is 0 Å². The van der Waals surface area contributed by atoms with E-state index in [1.54, 1.807) is 12.1 Å². The van der Waals surface area contributed by atoms with E-state index in [0.29, 0.717) is 23.3 Å². The smallest absolute Gasteiger partial charge is 0.399 e. The van der Waals surface area contributed by atoms with Gasteiger partial charge in [-0.05, 0) is 66.8 Å². The first-order valence-electron chi connectivity index (χ1n) is 11.8. The van der Waals surface area contributed by atoms with Crippen LogP contribution in [0.4, 0.5) is 22.0 Å². The molecule has 0 aromatic heterocycles. The summed E-state index contributed by atoms with van der Waals surface area (Å²) >= 11 is 0. The first kappa shape index (κ1) is 24.9. The van der Waals surface area contributed by atoms with E-state index in [-0.39, 0.29) is 11.9 Å². The summed E-state index contributed by atoms with van der Waals surface area (Å²) < 4.78 is 80.6. The molecule has 0 N–H and O–H groups in total. The van der Waals surface area contributed by atoms with Gasteiger partial charge in [0.25, 0.3) is 0 Å². The van der Waals surface area contributed by atoms with Crippen molar-refractivity contribution in [1.29, 1.82) is 0 Å². The Balaban J connectivity index is 1.35. The fraction of sp³-hybridized carbons (Fsp3) is 0.538. The minimum atomic E-state index is -5.17. The zero-order valence-corrected chi connectivity index (χ0v) is 19.0. The second-order valence-corrected chi connectivity index (χ2v) is 9.24. The highest BCUT2D eigenvalue weighted by atomic mass is 19.4. The van der Waals surface area contributed by atoms with Gasteiger partial charge < -0.3 is 14.2 Å². The highest BCUT2D eigenvalue weighted by Crippen LogP contribution is 2.40. The second kappa shape index (κ2) is 10.6. The Bertz CT molecular complexity index is 921. The molecule has 34 heavy (non-hydrogen) atoms. The summed E-state index contributed by atoms with van der Waals surface area (Å²) in [5, 5.41) is 0. The van der Waals surface area contributed by atoms with E-state index in [0.717, 1.165) is 69.4 Å². The molecule has 3 nitrogen and oxygen atoms in total. The summed E-state index contributed by atoms with van der Waals surface area (Å²) in [6.45, 7) is 3.70. The molecule has 2 aliphatic rings. The van der Waals surface area contributed by atoms with E-state index in [1.165, 1.54) is 0 Å². The van der Waals surface area contributed by atoms with Gasteiger partial charge >= 0.3 is 6.36 Å². The van der Waals surface area contributed by atoms with Gasteiger partial charge in [0.15, 0.2) is 17.9 Å². The van der Waals surface area contributed by atoms with Gasteiger partial charge in [-0.2, -0.15) is 0 Å². The molecule has 8 heteroatoms. The van der Waals surface area contributed by atoms with Crippen molar-refractivity contribution in [2.45, 2.75) is 64.0 Å². The lowest BCUT2D eigenvalue weighted by molar-refractivity contribution is -0.276. The molecule has 0 amide bonds. The molecule has 1 aliphatic carbocycles. The average molecular weight is 485 g/mol. The molecule has 0 unspecified atom stereocenters. The number of rotatable bonds is 6. The summed E-state index contributed by atoms with van der Waals surface area (Å²) in [6.07, 6.45) is 0.978. The van der Waals surface area contributed by atoms with Crippen molar-refractivity contribution < 1.29 is 36.2 Å². The monoisotopic (exact) mass is 484 g/mol. The second-order valence-electron chi connectivity index (χ2n) is 9.24. The molecule has 0 radical (unpaired) electrons. The lowest BCUT2D eigenvalue weighted by Crippen LogP contribution is -2.38. The maximum atomic E-state index is 14.1. The molecule has 2 fully saturated rings. The summed E-state index contributed by atoms with van der Waals surface area (Å²) in [5.41, 5.74) is 1.79. The van der Waals surface area contributed by atoms with E-state index >= 15 is 0 Å². The lowest BCUT2D eigenvalue weighted by atomic mass is 9.78. The van der Waals surface area contributed by atoms with Gasteiger partial charge in [-0.1, -0.05) is 37.6 Å². The van der Waals surface area contributed by atoms with Crippen LogP contribution in [0.3, 0.4) is 0 Å². The van der Waals surface area contributed by atoms with Gasteiger partial charge in [0.2, 0.25) is 5.75 Å². The fourth-order valence-corrected chi connectivity index (χ4v) is 5.02. The van der Waals surface area contributed by atoms with E-state index < -0.39 is 23.7 Å². The Morgan fingerprint density at radius 2 is 1.47 bits per heavy atom. The van der Waals surface area contributed by atoms with Gasteiger partial charge in [-0.15, -0.1) is 13.2 Å². The van der Waals surface area contributed by atoms with Crippen molar-refractivity contribution in [3.05, 3.63) is 53.6 Å². The van der Waals surface area contributed by atoms with E-state index in [9.17, 15) is 22.0 Å². The van der Waals surface area contributed by atoms with Gasteiger partial charge in [-0.25, -0.2) is 8.78 Å². The van der Waals surface area contributed by atoms with Crippen molar-refractivity contribution in [2.75, 3.05) is 13.2 Å². The maximum Gasteiger partial charge on any atom is 0.573 e. The number of benzene rings is 2. The summed E-state index contributed by atoms with van der Waals surface area (Å²) in [7, 11) is 0. The summed E-state index contributed by atoms with van der Waals surface area (Å²) in [4.78, 5) is 0. The Kier molecular flexibility index (Phi) is 7.77. The van der Waals surface area contributed by atoms with E-state index in [2.05, 4.69) is 11.7 Å². The van der Waals surface area contributed by atoms with E-state index in [4.69, 9.17) is 9.47 Å². The third-order valence-electron chi connectivity index (χ3n) is 6.78. The molecule has 1 saturated heterocycles. The van der Waals surface area contributed by atoms with Crippen LogP contribution in [0.1, 0.15) is 56.9 Å². The van der Waals surface area contributed by atoms with Gasteiger partial charge in [-0.3, -0.25) is 0 Å². The molecule has 0 spiro atoms. The van der Waals surface area contributed by atoms with E-state index in [1.807, 2.05) is 12.1 Å². The Morgan fingerprint density at radius 3 is 2.00 bits per heavy atom. The number of halogens is 5. The number of hydrogen-bond acceptors (Lipinski definition) is 3. The molecular formula is C26H29F5O3. The molecular weight excluding hydrogens is 455 g/mol. The van der Waals surface area contributed by atoms with Crippen LogP contribution >= 0.6 is 0 Å². The standard InChI is InChI=1S/C26H29F5O3/c1-2-3-16-14-32-25(33-15-16)20-10-8-18(9-11-20)17-4-6-19(7-5-17)21-12-22(27)24(23(28)13-21)34-26(29,30)31/h4-7,12-13,16,18,20,25H,2-3,8-11,14-15H2,1H3. The molecule has 1 aliphatic heterocycles. The minimum absolute atomic E-state index is 0.120. The van der Waals surface area contributed by atoms with Crippen molar-refractivity contribution in [3.63, 3.8) is 0 Å². The summed E-state index contributed by atoms with van der Waals surface area (Å²) in [6, 6.07) is 9.00. The van der Waals surface area contributed by atoms with Crippen LogP contribution in [-0.2, 0) is 9.47 Å². The summed E-state index contributed by atoms with van der Waals surface area (Å²) in [5.74, 6) is -2.99. The van der Waals surface area contributed by atoms with Crippen LogP contribution in [0, 0.1) is 23.5 Å². The zero-order chi connectivity index (χ0) is 24.3. The Hall–Kier alpha value is -2.19. The van der Waals surface area contributed by atoms with Crippen molar-refractivity contribution in [1.82, 2.24) is 0 Å². The normalized spacial score (nSPS) is 25.8. The average Bonchev–Trinajstić information content (AvgIpc) is 2.82. The molecule has 2 aromatic rings. The molecule has 2 aromatic carbocycles. The molecule has 4 rings (SSSR count). The minimum Gasteiger partial charge on any atom is -0.399 e. The van der Waals surface area contributed by atoms with Crippen LogP contribution in [0.15, 0.2) is 36.4 Å². The molecule has 0 atom stereocenters. The predicted octanol–water partition coefficient (Wildman–Crippen LogP) is 7.59. The topological polar surface area (TPSA) is 27.7 Å². The highest BCUT2D eigenvalue weighted by molar-refractivity contribution is 5.65.